The van der Waals surface area contributed by atoms with E-state index in [-0.39, 0.29) is 31.7 Å². The summed E-state index contributed by atoms with van der Waals surface area (Å²) < 4.78 is 0. The minimum absolute atomic E-state index is 0.0931. The van der Waals surface area contributed by atoms with E-state index in [0.29, 0.717) is 18.5 Å². The molecule has 1 aromatic rings. The van der Waals surface area contributed by atoms with Crippen LogP contribution in [0.4, 0.5) is 0 Å². The van der Waals surface area contributed by atoms with Crippen LogP contribution in [0.15, 0.2) is 12.5 Å². The molecule has 1 fully saturated rings. The van der Waals surface area contributed by atoms with Crippen LogP contribution in [-0.2, 0) is 30.4 Å². The summed E-state index contributed by atoms with van der Waals surface area (Å²) in [6, 6.07) is -4.13. The Kier molecular flexibility index (Phi) is 9.54. The normalized spacial score (nSPS) is 18.2. The molecular formula is C21H33N7O6. The van der Waals surface area contributed by atoms with Gasteiger partial charge in [-0.1, -0.05) is 13.8 Å². The number of nitrogens with one attached hydrogen (secondary N) is 3. The number of carboxylic acid groups (broad SMARTS) is 1. The fourth-order valence-electron chi connectivity index (χ4n) is 3.79. The smallest absolute Gasteiger partial charge is 0.326 e. The number of amides is 4. The number of rotatable bonds is 12. The van der Waals surface area contributed by atoms with Crippen molar-refractivity contribution in [3.05, 3.63) is 18.2 Å². The molecule has 4 unspecified atom stereocenters. The Balaban J connectivity index is 2.11. The number of nitrogens with two attached hydrogens (primary N) is 2. The molecule has 0 radical (unpaired) electrons. The zero-order valence-corrected chi connectivity index (χ0v) is 19.3. The van der Waals surface area contributed by atoms with Crippen LogP contribution in [0.1, 0.15) is 45.2 Å². The summed E-state index contributed by atoms with van der Waals surface area (Å²) in [4.78, 5) is 69.5. The molecule has 4 amide bonds. The molecule has 13 heteroatoms. The molecule has 188 valence electrons. The quantitative estimate of drug-likeness (QED) is 0.202. The molecule has 1 aliphatic heterocycles. The molecule has 34 heavy (non-hydrogen) atoms. The summed E-state index contributed by atoms with van der Waals surface area (Å²) in [7, 11) is 0. The Labute approximate surface area is 197 Å². The first kappa shape index (κ1) is 26.8. The lowest BCUT2D eigenvalue weighted by molar-refractivity contribution is -0.150. The second-order valence-corrected chi connectivity index (χ2v) is 8.71. The van der Waals surface area contributed by atoms with Crippen LogP contribution in [0.5, 0.6) is 0 Å². The van der Waals surface area contributed by atoms with Gasteiger partial charge in [0.25, 0.3) is 0 Å². The van der Waals surface area contributed by atoms with E-state index in [1.165, 1.54) is 17.4 Å². The van der Waals surface area contributed by atoms with Crippen molar-refractivity contribution < 1.29 is 29.1 Å². The first-order valence-corrected chi connectivity index (χ1v) is 11.2. The van der Waals surface area contributed by atoms with Crippen LogP contribution in [0.2, 0.25) is 0 Å². The standard InChI is InChI=1S/C21H33N7O6/c1-11(2)17(20(32)28-7-3-4-15(28)21(33)34)27-19(31)14(5-6-16(23)29)26-18(30)13(22)8-12-9-24-10-25-12/h9-11,13-15,17H,3-8,22H2,1-2H3,(H2,23,29)(H,24,25)(H,26,30)(H,27,31)(H,33,34). The fourth-order valence-corrected chi connectivity index (χ4v) is 3.79. The SMILES string of the molecule is CC(C)C(NC(=O)C(CCC(N)=O)NC(=O)C(N)Cc1cnc[nH]1)C(=O)N1CCCC1C(=O)O. The molecular weight excluding hydrogens is 446 g/mol. The van der Waals surface area contributed by atoms with Crippen molar-refractivity contribution in [3.8, 4) is 0 Å². The van der Waals surface area contributed by atoms with Crippen molar-refractivity contribution >= 4 is 29.6 Å². The zero-order valence-electron chi connectivity index (χ0n) is 19.3. The van der Waals surface area contributed by atoms with Gasteiger partial charge in [0.1, 0.15) is 18.1 Å². The lowest BCUT2D eigenvalue weighted by Gasteiger charge is -2.30. The van der Waals surface area contributed by atoms with Crippen LogP contribution >= 0.6 is 0 Å². The number of H-pyrrole nitrogens is 1. The van der Waals surface area contributed by atoms with Gasteiger partial charge >= 0.3 is 5.97 Å². The van der Waals surface area contributed by atoms with E-state index in [4.69, 9.17) is 11.5 Å². The van der Waals surface area contributed by atoms with Gasteiger partial charge in [0.2, 0.25) is 23.6 Å². The maximum absolute atomic E-state index is 13.1. The summed E-state index contributed by atoms with van der Waals surface area (Å²) >= 11 is 0. The third-order valence-corrected chi connectivity index (χ3v) is 5.70. The number of hydrogen-bond donors (Lipinski definition) is 6. The Bertz CT molecular complexity index is 888. The summed E-state index contributed by atoms with van der Waals surface area (Å²) in [6.45, 7) is 3.71. The van der Waals surface area contributed by atoms with Crippen molar-refractivity contribution in [1.29, 1.82) is 0 Å². The monoisotopic (exact) mass is 479 g/mol. The molecule has 2 rings (SSSR count). The predicted molar refractivity (Wildman–Crippen MR) is 120 cm³/mol. The van der Waals surface area contributed by atoms with Crippen LogP contribution in [-0.4, -0.2) is 80.3 Å². The van der Waals surface area contributed by atoms with Crippen LogP contribution in [0, 0.1) is 5.92 Å². The number of nitrogens with zero attached hydrogens (tertiary/aromatic N) is 2. The number of carbonyl (C=O) groups is 5. The first-order valence-electron chi connectivity index (χ1n) is 11.2. The maximum Gasteiger partial charge on any atom is 0.326 e. The molecule has 4 atom stereocenters. The Morgan fingerprint density at radius 3 is 2.50 bits per heavy atom. The van der Waals surface area contributed by atoms with Gasteiger partial charge in [-0.25, -0.2) is 9.78 Å². The number of carboxylic acids is 1. The van der Waals surface area contributed by atoms with E-state index in [0.717, 1.165) is 0 Å². The first-order chi connectivity index (χ1) is 16.0. The lowest BCUT2D eigenvalue weighted by atomic mass is 10.0. The minimum atomic E-state index is -1.17. The number of aromatic nitrogens is 2. The van der Waals surface area contributed by atoms with Gasteiger partial charge < -0.3 is 37.1 Å². The molecule has 1 aliphatic rings. The molecule has 0 spiro atoms. The number of imidazole rings is 1. The second-order valence-electron chi connectivity index (χ2n) is 8.71. The minimum Gasteiger partial charge on any atom is -0.480 e. The highest BCUT2D eigenvalue weighted by Gasteiger charge is 2.39. The number of aromatic amines is 1. The number of primary amides is 1. The number of likely N-dealkylation sites (tertiary alicyclic amines) is 1. The van der Waals surface area contributed by atoms with Crippen molar-refractivity contribution in [1.82, 2.24) is 25.5 Å². The summed E-state index contributed by atoms with van der Waals surface area (Å²) in [5.74, 6) is -3.95. The zero-order chi connectivity index (χ0) is 25.4. The molecule has 0 saturated carbocycles. The van der Waals surface area contributed by atoms with Gasteiger partial charge in [-0.05, 0) is 25.2 Å². The average Bonchev–Trinajstić information content (AvgIpc) is 3.45. The molecule has 2 heterocycles. The van der Waals surface area contributed by atoms with Gasteiger partial charge in [0, 0.05) is 31.3 Å². The maximum atomic E-state index is 13.1. The Hall–Kier alpha value is -3.48. The summed E-state index contributed by atoms with van der Waals surface area (Å²) in [5.41, 5.74) is 11.8. The van der Waals surface area contributed by atoms with Gasteiger partial charge in [0.15, 0.2) is 0 Å². The molecule has 1 saturated heterocycles. The van der Waals surface area contributed by atoms with E-state index in [2.05, 4.69) is 20.6 Å². The van der Waals surface area contributed by atoms with E-state index >= 15 is 0 Å². The van der Waals surface area contributed by atoms with Gasteiger partial charge in [-0.3, -0.25) is 19.2 Å². The average molecular weight is 480 g/mol. The Morgan fingerprint density at radius 1 is 1.24 bits per heavy atom. The van der Waals surface area contributed by atoms with Gasteiger partial charge in [0.05, 0.1) is 12.4 Å². The van der Waals surface area contributed by atoms with Crippen LogP contribution < -0.4 is 22.1 Å². The molecule has 13 nitrogen and oxygen atoms in total. The number of hydrogen-bond acceptors (Lipinski definition) is 7. The lowest BCUT2D eigenvalue weighted by Crippen LogP contribution is -2.58. The molecule has 0 aromatic carbocycles. The van der Waals surface area contributed by atoms with E-state index < -0.39 is 53.8 Å². The molecule has 0 aliphatic carbocycles. The highest BCUT2D eigenvalue weighted by Crippen LogP contribution is 2.20. The summed E-state index contributed by atoms with van der Waals surface area (Å²) in [6.07, 6.45) is 3.73. The van der Waals surface area contributed by atoms with Crippen molar-refractivity contribution in [2.24, 2.45) is 17.4 Å². The van der Waals surface area contributed by atoms with Gasteiger partial charge in [-0.15, -0.1) is 0 Å². The van der Waals surface area contributed by atoms with Crippen LogP contribution in [0.25, 0.3) is 0 Å². The topological polar surface area (TPSA) is 214 Å². The van der Waals surface area contributed by atoms with E-state index in [9.17, 15) is 29.1 Å². The fraction of sp³-hybridized carbons (Fsp3) is 0.619. The Morgan fingerprint density at radius 2 is 1.94 bits per heavy atom. The van der Waals surface area contributed by atoms with Gasteiger partial charge in [-0.2, -0.15) is 0 Å². The molecule has 0 bridgehead atoms. The molecule has 8 N–H and O–H groups in total. The third kappa shape index (κ3) is 7.27. The highest BCUT2D eigenvalue weighted by molar-refractivity contribution is 5.94. The summed E-state index contributed by atoms with van der Waals surface area (Å²) in [5, 5.41) is 14.5. The van der Waals surface area contributed by atoms with Crippen molar-refractivity contribution in [3.63, 3.8) is 0 Å². The van der Waals surface area contributed by atoms with Crippen molar-refractivity contribution in [2.75, 3.05) is 6.54 Å². The predicted octanol–water partition coefficient (Wildman–Crippen LogP) is -1.75. The highest BCUT2D eigenvalue weighted by atomic mass is 16.4. The molecule has 1 aromatic heterocycles. The second kappa shape index (κ2) is 12.1. The third-order valence-electron chi connectivity index (χ3n) is 5.70. The number of carbonyl (C=O) groups excluding carboxylic acids is 4. The van der Waals surface area contributed by atoms with Crippen LogP contribution in [0.3, 0.4) is 0 Å². The van der Waals surface area contributed by atoms with Crippen molar-refractivity contribution in [2.45, 2.75) is 70.1 Å². The van der Waals surface area contributed by atoms with E-state index in [1.54, 1.807) is 13.8 Å². The number of aliphatic carboxylic acids is 1. The van der Waals surface area contributed by atoms with E-state index in [1.807, 2.05) is 0 Å². The largest absolute Gasteiger partial charge is 0.480 e.